The highest BCUT2D eigenvalue weighted by Crippen LogP contribution is 2.31. The maximum Gasteiger partial charge on any atom is 0.243 e. The molecule has 1 fully saturated rings. The molecule has 7 heteroatoms. The maximum absolute atomic E-state index is 12.5. The Labute approximate surface area is 146 Å². The molecule has 128 valence electrons. The van der Waals surface area contributed by atoms with Gasteiger partial charge in [-0.05, 0) is 17.7 Å². The quantitative estimate of drug-likeness (QED) is 0.703. The maximum atomic E-state index is 12.5. The lowest BCUT2D eigenvalue weighted by Crippen LogP contribution is -2.48. The van der Waals surface area contributed by atoms with Crippen molar-refractivity contribution >= 4 is 10.0 Å². The van der Waals surface area contributed by atoms with E-state index in [1.54, 1.807) is 30.3 Å². The zero-order valence-electron chi connectivity index (χ0n) is 13.4. The van der Waals surface area contributed by atoms with E-state index in [0.29, 0.717) is 36.1 Å². The lowest BCUT2D eigenvalue weighted by molar-refractivity contribution is 0.216. The Morgan fingerprint density at radius 3 is 2.32 bits per heavy atom. The average molecular weight is 355 g/mol. The fraction of sp³-hybridized carbons (Fsp3) is 0.222. The van der Waals surface area contributed by atoms with E-state index in [0.717, 1.165) is 5.56 Å². The van der Waals surface area contributed by atoms with Crippen molar-refractivity contribution in [3.8, 4) is 0 Å². The van der Waals surface area contributed by atoms with Gasteiger partial charge < -0.3 is 4.52 Å². The Kier molecular flexibility index (Phi) is 4.10. The van der Waals surface area contributed by atoms with Crippen molar-refractivity contribution in [3.05, 3.63) is 77.9 Å². The number of aromatic nitrogens is 2. The van der Waals surface area contributed by atoms with Gasteiger partial charge in [-0.2, -0.15) is 9.29 Å². The molecule has 1 saturated heterocycles. The molecule has 0 saturated carbocycles. The Hall–Kier alpha value is -2.51. The highest BCUT2D eigenvalue weighted by Gasteiger charge is 2.40. The van der Waals surface area contributed by atoms with Crippen LogP contribution >= 0.6 is 0 Å². The van der Waals surface area contributed by atoms with Gasteiger partial charge in [-0.1, -0.05) is 53.7 Å². The molecule has 1 aliphatic rings. The van der Waals surface area contributed by atoms with Crippen molar-refractivity contribution in [2.75, 3.05) is 13.1 Å². The predicted molar refractivity (Wildman–Crippen MR) is 91.5 cm³/mol. The first-order valence-corrected chi connectivity index (χ1v) is 9.48. The van der Waals surface area contributed by atoms with Crippen molar-refractivity contribution in [2.24, 2.45) is 0 Å². The van der Waals surface area contributed by atoms with Crippen LogP contribution < -0.4 is 0 Å². The van der Waals surface area contributed by atoms with Gasteiger partial charge in [-0.15, -0.1) is 0 Å². The van der Waals surface area contributed by atoms with Crippen molar-refractivity contribution in [1.82, 2.24) is 14.4 Å². The van der Waals surface area contributed by atoms with E-state index in [2.05, 4.69) is 10.1 Å². The smallest absolute Gasteiger partial charge is 0.243 e. The predicted octanol–water partition coefficient (Wildman–Crippen LogP) is 2.45. The van der Waals surface area contributed by atoms with Crippen LogP contribution in [0.5, 0.6) is 0 Å². The van der Waals surface area contributed by atoms with Gasteiger partial charge in [-0.3, -0.25) is 0 Å². The van der Waals surface area contributed by atoms with Gasteiger partial charge >= 0.3 is 0 Å². The lowest BCUT2D eigenvalue weighted by Gasteiger charge is -2.35. The van der Waals surface area contributed by atoms with E-state index in [-0.39, 0.29) is 5.92 Å². The molecule has 0 radical (unpaired) electrons. The molecule has 0 N–H and O–H groups in total. The van der Waals surface area contributed by atoms with Crippen molar-refractivity contribution in [1.29, 1.82) is 0 Å². The molecule has 3 aromatic rings. The van der Waals surface area contributed by atoms with Crippen LogP contribution in [0.3, 0.4) is 0 Å². The minimum atomic E-state index is -3.44. The summed E-state index contributed by atoms with van der Waals surface area (Å²) in [6.45, 7) is 0.731. The van der Waals surface area contributed by atoms with Gasteiger partial charge in [0.2, 0.25) is 15.9 Å². The topological polar surface area (TPSA) is 76.3 Å². The normalized spacial score (nSPS) is 15.8. The van der Waals surface area contributed by atoms with Crippen LogP contribution in [0.25, 0.3) is 0 Å². The third kappa shape index (κ3) is 3.20. The average Bonchev–Trinajstić information content (AvgIpc) is 3.03. The van der Waals surface area contributed by atoms with E-state index in [1.165, 1.54) is 4.31 Å². The number of rotatable bonds is 5. The van der Waals surface area contributed by atoms with Crippen LogP contribution in [-0.2, 0) is 16.4 Å². The summed E-state index contributed by atoms with van der Waals surface area (Å²) in [5.41, 5.74) is 1.11. The molecule has 0 bridgehead atoms. The third-order valence-electron chi connectivity index (χ3n) is 4.27. The van der Waals surface area contributed by atoms with E-state index >= 15 is 0 Å². The second-order valence-electron chi connectivity index (χ2n) is 6.04. The summed E-state index contributed by atoms with van der Waals surface area (Å²) in [6.07, 6.45) is 0.600. The van der Waals surface area contributed by atoms with Crippen LogP contribution in [0, 0.1) is 0 Å². The van der Waals surface area contributed by atoms with Gasteiger partial charge in [0.1, 0.15) is 0 Å². The fourth-order valence-electron chi connectivity index (χ4n) is 2.82. The SMILES string of the molecule is O=S(=O)(c1ccccc1)N1CC(c2nc(Cc3ccccc3)no2)C1. The molecule has 1 aliphatic heterocycles. The van der Waals surface area contributed by atoms with Gasteiger partial charge in [0.25, 0.3) is 0 Å². The first-order valence-electron chi connectivity index (χ1n) is 8.04. The zero-order chi connectivity index (χ0) is 17.3. The largest absolute Gasteiger partial charge is 0.339 e. The van der Waals surface area contributed by atoms with Crippen LogP contribution in [0.4, 0.5) is 0 Å². The Balaban J connectivity index is 1.41. The van der Waals surface area contributed by atoms with Crippen LogP contribution in [0.15, 0.2) is 70.1 Å². The highest BCUT2D eigenvalue weighted by molar-refractivity contribution is 7.89. The fourth-order valence-corrected chi connectivity index (χ4v) is 4.37. The van der Waals surface area contributed by atoms with Crippen molar-refractivity contribution in [3.63, 3.8) is 0 Å². The van der Waals surface area contributed by atoms with Gasteiger partial charge in [0.15, 0.2) is 5.82 Å². The molecule has 25 heavy (non-hydrogen) atoms. The monoisotopic (exact) mass is 355 g/mol. The summed E-state index contributed by atoms with van der Waals surface area (Å²) in [5, 5.41) is 4.01. The number of nitrogens with zero attached hydrogens (tertiary/aromatic N) is 3. The molecule has 0 amide bonds. The first-order chi connectivity index (χ1) is 12.1. The van der Waals surface area contributed by atoms with Crippen LogP contribution in [0.1, 0.15) is 23.2 Å². The molecule has 0 unspecified atom stereocenters. The second kappa shape index (κ2) is 6.42. The summed E-state index contributed by atoms with van der Waals surface area (Å²) in [7, 11) is -3.44. The molecule has 2 heterocycles. The molecule has 0 aliphatic carbocycles. The molecule has 6 nitrogen and oxygen atoms in total. The molecular formula is C18H17N3O3S. The third-order valence-corrected chi connectivity index (χ3v) is 6.11. The minimum absolute atomic E-state index is 0.0458. The second-order valence-corrected chi connectivity index (χ2v) is 7.98. The van der Waals surface area contributed by atoms with Crippen LogP contribution in [-0.4, -0.2) is 36.0 Å². The van der Waals surface area contributed by atoms with Gasteiger partial charge in [0.05, 0.1) is 10.8 Å². The number of hydrogen-bond donors (Lipinski definition) is 0. The standard InChI is InChI=1S/C18H17N3O3S/c22-25(23,16-9-5-2-6-10-16)21-12-15(13-21)18-19-17(20-24-18)11-14-7-3-1-4-8-14/h1-10,15H,11-13H2. The van der Waals surface area contributed by atoms with E-state index in [1.807, 2.05) is 30.3 Å². The molecular weight excluding hydrogens is 338 g/mol. The molecule has 1 aromatic heterocycles. The zero-order valence-corrected chi connectivity index (χ0v) is 14.3. The van der Waals surface area contributed by atoms with Gasteiger partial charge in [0, 0.05) is 19.5 Å². The van der Waals surface area contributed by atoms with E-state index in [4.69, 9.17) is 4.52 Å². The molecule has 0 spiro atoms. The summed E-state index contributed by atoms with van der Waals surface area (Å²) in [4.78, 5) is 4.73. The van der Waals surface area contributed by atoms with Crippen molar-refractivity contribution in [2.45, 2.75) is 17.2 Å². The first kappa shape index (κ1) is 16.0. The lowest BCUT2D eigenvalue weighted by atomic mass is 10.0. The van der Waals surface area contributed by atoms with E-state index < -0.39 is 10.0 Å². The van der Waals surface area contributed by atoms with Crippen molar-refractivity contribution < 1.29 is 12.9 Å². The Bertz CT molecular complexity index is 950. The molecule has 0 atom stereocenters. The summed E-state index contributed by atoms with van der Waals surface area (Å²) < 4.78 is 31.8. The minimum Gasteiger partial charge on any atom is -0.339 e. The highest BCUT2D eigenvalue weighted by atomic mass is 32.2. The molecule has 2 aromatic carbocycles. The molecule has 4 rings (SSSR count). The summed E-state index contributed by atoms with van der Waals surface area (Å²) in [6, 6.07) is 18.4. The Morgan fingerprint density at radius 2 is 1.64 bits per heavy atom. The summed E-state index contributed by atoms with van der Waals surface area (Å²) in [5.74, 6) is 1.08. The van der Waals surface area contributed by atoms with E-state index in [9.17, 15) is 8.42 Å². The number of hydrogen-bond acceptors (Lipinski definition) is 5. The summed E-state index contributed by atoms with van der Waals surface area (Å²) >= 11 is 0. The van der Waals surface area contributed by atoms with Gasteiger partial charge in [-0.25, -0.2) is 8.42 Å². The van der Waals surface area contributed by atoms with Crippen LogP contribution in [0.2, 0.25) is 0 Å². The number of benzene rings is 2. The Morgan fingerprint density at radius 1 is 1.00 bits per heavy atom. The number of sulfonamides is 1.